The lowest BCUT2D eigenvalue weighted by molar-refractivity contribution is 0.100. The highest BCUT2D eigenvalue weighted by Gasteiger charge is 2.25. The number of hydrogen-bond acceptors (Lipinski definition) is 2. The van der Waals surface area contributed by atoms with Crippen LogP contribution in [0.15, 0.2) is 0 Å². The third-order valence-corrected chi connectivity index (χ3v) is 5.09. The molecule has 2 heteroatoms. The minimum atomic E-state index is 0.445. The Labute approximate surface area is 113 Å². The van der Waals surface area contributed by atoms with Crippen molar-refractivity contribution < 1.29 is 4.74 Å². The summed E-state index contributed by atoms with van der Waals surface area (Å²) in [5, 5.41) is 0. The van der Waals surface area contributed by atoms with Gasteiger partial charge in [0.05, 0.1) is 6.10 Å². The Morgan fingerprint density at radius 2 is 2.11 bits per heavy atom. The molecule has 1 aliphatic carbocycles. The molecule has 4 unspecified atom stereocenters. The predicted octanol–water partition coefficient (Wildman–Crippen LogP) is 3.88. The minimum absolute atomic E-state index is 0.445. The van der Waals surface area contributed by atoms with Crippen LogP contribution in [0.3, 0.4) is 0 Å². The Kier molecular flexibility index (Phi) is 5.97. The van der Waals surface area contributed by atoms with Gasteiger partial charge < -0.3 is 10.5 Å². The van der Waals surface area contributed by atoms with Crippen molar-refractivity contribution >= 4 is 0 Å². The van der Waals surface area contributed by atoms with Crippen molar-refractivity contribution in [3.63, 3.8) is 0 Å². The number of ether oxygens (including phenoxy) is 1. The van der Waals surface area contributed by atoms with Crippen molar-refractivity contribution in [3.8, 4) is 0 Å². The minimum Gasteiger partial charge on any atom is -0.378 e. The molecular formula is C16H31NO. The van der Waals surface area contributed by atoms with Crippen LogP contribution < -0.4 is 5.73 Å². The van der Waals surface area contributed by atoms with E-state index < -0.39 is 0 Å². The molecule has 0 spiro atoms. The molecule has 2 N–H and O–H groups in total. The largest absolute Gasteiger partial charge is 0.378 e. The summed E-state index contributed by atoms with van der Waals surface area (Å²) in [7, 11) is 0. The molecular weight excluding hydrogens is 222 g/mol. The van der Waals surface area contributed by atoms with Crippen LogP contribution in [0.25, 0.3) is 0 Å². The molecule has 0 aromatic rings. The molecule has 2 rings (SSSR count). The number of hydrogen-bond donors (Lipinski definition) is 1. The normalized spacial score (nSPS) is 34.7. The van der Waals surface area contributed by atoms with Crippen molar-refractivity contribution in [1.29, 1.82) is 0 Å². The Balaban J connectivity index is 1.62. The van der Waals surface area contributed by atoms with Crippen LogP contribution in [-0.4, -0.2) is 18.8 Å². The Morgan fingerprint density at radius 3 is 2.83 bits per heavy atom. The van der Waals surface area contributed by atoms with E-state index in [1.165, 1.54) is 64.2 Å². The average molecular weight is 253 g/mol. The molecule has 1 heterocycles. The van der Waals surface area contributed by atoms with Gasteiger partial charge in [-0.3, -0.25) is 0 Å². The van der Waals surface area contributed by atoms with Crippen molar-refractivity contribution in [3.05, 3.63) is 0 Å². The van der Waals surface area contributed by atoms with Gasteiger partial charge in [-0.05, 0) is 56.8 Å². The van der Waals surface area contributed by atoms with Crippen LogP contribution in [0.5, 0.6) is 0 Å². The zero-order valence-electron chi connectivity index (χ0n) is 12.1. The molecule has 1 saturated heterocycles. The first kappa shape index (κ1) is 14.3. The van der Waals surface area contributed by atoms with E-state index >= 15 is 0 Å². The van der Waals surface area contributed by atoms with Crippen LogP contribution in [0.4, 0.5) is 0 Å². The van der Waals surface area contributed by atoms with Gasteiger partial charge in [-0.2, -0.15) is 0 Å². The van der Waals surface area contributed by atoms with Gasteiger partial charge in [0.15, 0.2) is 0 Å². The molecule has 2 nitrogen and oxygen atoms in total. The third-order valence-electron chi connectivity index (χ3n) is 5.09. The molecule has 1 saturated carbocycles. The maximum atomic E-state index is 6.41. The molecule has 0 radical (unpaired) electrons. The predicted molar refractivity (Wildman–Crippen MR) is 76.5 cm³/mol. The van der Waals surface area contributed by atoms with Gasteiger partial charge in [-0.15, -0.1) is 0 Å². The summed E-state index contributed by atoms with van der Waals surface area (Å²) in [6, 6.07) is 0.445. The molecule has 0 aromatic carbocycles. The summed E-state index contributed by atoms with van der Waals surface area (Å²) in [6.45, 7) is 3.31. The summed E-state index contributed by atoms with van der Waals surface area (Å²) >= 11 is 0. The average Bonchev–Trinajstić information content (AvgIpc) is 2.92. The first-order valence-corrected chi connectivity index (χ1v) is 8.16. The van der Waals surface area contributed by atoms with E-state index in [-0.39, 0.29) is 0 Å². The van der Waals surface area contributed by atoms with Gasteiger partial charge in [0, 0.05) is 12.6 Å². The Hall–Kier alpha value is -0.0800. The fourth-order valence-electron chi connectivity index (χ4n) is 3.78. The highest BCUT2D eigenvalue weighted by atomic mass is 16.5. The van der Waals surface area contributed by atoms with E-state index in [0.717, 1.165) is 18.4 Å². The second kappa shape index (κ2) is 7.49. The zero-order chi connectivity index (χ0) is 12.8. The van der Waals surface area contributed by atoms with E-state index in [9.17, 15) is 0 Å². The van der Waals surface area contributed by atoms with E-state index in [2.05, 4.69) is 6.92 Å². The lowest BCUT2D eigenvalue weighted by Gasteiger charge is -2.32. The van der Waals surface area contributed by atoms with Crippen molar-refractivity contribution in [2.75, 3.05) is 6.61 Å². The summed E-state index contributed by atoms with van der Waals surface area (Å²) < 4.78 is 5.67. The van der Waals surface area contributed by atoms with Gasteiger partial charge in [0.1, 0.15) is 0 Å². The molecule has 4 atom stereocenters. The Morgan fingerprint density at radius 1 is 1.22 bits per heavy atom. The fourth-order valence-corrected chi connectivity index (χ4v) is 3.78. The highest BCUT2D eigenvalue weighted by molar-refractivity contribution is 4.80. The van der Waals surface area contributed by atoms with E-state index in [1.54, 1.807) is 0 Å². The van der Waals surface area contributed by atoms with Crippen molar-refractivity contribution in [2.45, 2.75) is 83.3 Å². The summed E-state index contributed by atoms with van der Waals surface area (Å²) in [4.78, 5) is 0. The lowest BCUT2D eigenvalue weighted by atomic mass is 9.76. The van der Waals surface area contributed by atoms with Crippen LogP contribution in [0.2, 0.25) is 0 Å². The fraction of sp³-hybridized carbons (Fsp3) is 1.00. The third kappa shape index (κ3) is 4.24. The van der Waals surface area contributed by atoms with Crippen molar-refractivity contribution in [2.24, 2.45) is 17.6 Å². The highest BCUT2D eigenvalue weighted by Crippen LogP contribution is 2.33. The van der Waals surface area contributed by atoms with Crippen molar-refractivity contribution in [1.82, 2.24) is 0 Å². The Bertz CT molecular complexity index is 225. The topological polar surface area (TPSA) is 35.2 Å². The van der Waals surface area contributed by atoms with Crippen LogP contribution in [-0.2, 0) is 4.74 Å². The first-order chi connectivity index (χ1) is 8.79. The quantitative estimate of drug-likeness (QED) is 0.779. The monoisotopic (exact) mass is 253 g/mol. The lowest BCUT2D eigenvalue weighted by Crippen LogP contribution is -2.33. The SMILES string of the molecule is CCC1CCCC(C(N)CCCC2CCCO2)C1. The molecule has 1 aliphatic heterocycles. The second-order valence-corrected chi connectivity index (χ2v) is 6.43. The van der Waals surface area contributed by atoms with Gasteiger partial charge in [-0.25, -0.2) is 0 Å². The van der Waals surface area contributed by atoms with Gasteiger partial charge in [0.25, 0.3) is 0 Å². The first-order valence-electron chi connectivity index (χ1n) is 8.16. The van der Waals surface area contributed by atoms with Crippen LogP contribution in [0.1, 0.15) is 71.1 Å². The second-order valence-electron chi connectivity index (χ2n) is 6.43. The molecule has 0 bridgehead atoms. The molecule has 0 aromatic heterocycles. The molecule has 0 amide bonds. The summed E-state index contributed by atoms with van der Waals surface area (Å²) in [5.74, 6) is 1.75. The smallest absolute Gasteiger partial charge is 0.0576 e. The maximum absolute atomic E-state index is 6.41. The standard InChI is InChI=1S/C16H31NO/c1-2-13-6-3-7-14(12-13)16(17)10-4-8-15-9-5-11-18-15/h13-16H,2-12,17H2,1H3. The van der Waals surface area contributed by atoms with E-state index in [1.807, 2.05) is 0 Å². The summed E-state index contributed by atoms with van der Waals surface area (Å²) in [6.07, 6.45) is 13.7. The maximum Gasteiger partial charge on any atom is 0.0576 e. The summed E-state index contributed by atoms with van der Waals surface area (Å²) in [5.41, 5.74) is 6.41. The zero-order valence-corrected chi connectivity index (χ0v) is 12.1. The molecule has 18 heavy (non-hydrogen) atoms. The number of rotatable bonds is 6. The number of nitrogens with two attached hydrogens (primary N) is 1. The van der Waals surface area contributed by atoms with Gasteiger partial charge in [0.2, 0.25) is 0 Å². The molecule has 2 fully saturated rings. The van der Waals surface area contributed by atoms with E-state index in [0.29, 0.717) is 12.1 Å². The molecule has 2 aliphatic rings. The van der Waals surface area contributed by atoms with Gasteiger partial charge >= 0.3 is 0 Å². The van der Waals surface area contributed by atoms with Crippen LogP contribution in [0, 0.1) is 11.8 Å². The molecule has 106 valence electrons. The van der Waals surface area contributed by atoms with Crippen LogP contribution >= 0.6 is 0 Å². The van der Waals surface area contributed by atoms with E-state index in [4.69, 9.17) is 10.5 Å². The van der Waals surface area contributed by atoms with Gasteiger partial charge in [-0.1, -0.05) is 26.2 Å².